The summed E-state index contributed by atoms with van der Waals surface area (Å²) in [5.41, 5.74) is 0. The van der Waals surface area contributed by atoms with Gasteiger partial charge in [0.25, 0.3) is 0 Å². The van der Waals surface area contributed by atoms with Crippen LogP contribution in [0, 0.1) is 0 Å². The van der Waals surface area contributed by atoms with Crippen LogP contribution in [0.2, 0.25) is 0 Å². The first-order chi connectivity index (χ1) is 3.13. The van der Waals surface area contributed by atoms with Crippen molar-refractivity contribution < 1.29 is 23.9 Å². The van der Waals surface area contributed by atoms with Crippen molar-refractivity contribution in [2.24, 2.45) is 0 Å². The van der Waals surface area contributed by atoms with Crippen LogP contribution in [0.3, 0.4) is 0 Å². The van der Waals surface area contributed by atoms with Crippen LogP contribution in [0.25, 0.3) is 0 Å². The zero-order valence-electron chi connectivity index (χ0n) is 3.09. The average Bonchev–Trinajstić information content (AvgIpc) is 1.27. The van der Waals surface area contributed by atoms with Gasteiger partial charge in [-0.15, -0.1) is 0 Å². The Labute approximate surface area is 59.1 Å². The smallest absolute Gasteiger partial charge is 0.328 e. The van der Waals surface area contributed by atoms with Gasteiger partial charge in [-0.25, -0.2) is 4.31 Å². The minimum atomic E-state index is -2.61. The van der Waals surface area contributed by atoms with Gasteiger partial charge < -0.3 is 19.6 Å². The van der Waals surface area contributed by atoms with Crippen molar-refractivity contribution in [3.8, 4) is 0 Å². The van der Waals surface area contributed by atoms with Crippen LogP contribution in [0.15, 0.2) is 0 Å². The third-order valence-electron chi connectivity index (χ3n) is 0.146. The Hall–Kier alpha value is 1.19. The van der Waals surface area contributed by atoms with Gasteiger partial charge in [0.2, 0.25) is 0 Å². The molecule has 0 radical (unpaired) electrons. The minimum Gasteiger partial charge on any atom is -0.328 e. The lowest BCUT2D eigenvalue weighted by atomic mass is 15.7. The van der Waals surface area contributed by atoms with Gasteiger partial charge in [0, 0.05) is 0 Å². The van der Waals surface area contributed by atoms with E-state index in [2.05, 4.69) is 4.31 Å². The van der Waals surface area contributed by atoms with Gasteiger partial charge in [-0.05, 0) is 0 Å². The lowest BCUT2D eigenvalue weighted by Gasteiger charge is -2.00. The first-order valence-electron chi connectivity index (χ1n) is 1.17. The molecule has 0 bridgehead atoms. The van der Waals surface area contributed by atoms with Crippen molar-refractivity contribution in [3.63, 3.8) is 0 Å². The molecular weight excluding hydrogens is 169 g/mol. The summed E-state index contributed by atoms with van der Waals surface area (Å²) in [4.78, 5) is 31.3. The van der Waals surface area contributed by atoms with E-state index in [4.69, 9.17) is 19.6 Å². The van der Waals surface area contributed by atoms with E-state index in [0.717, 1.165) is 0 Å². The largest absolute Gasteiger partial charge is 0.334 e. The molecule has 4 N–H and O–H groups in total. The van der Waals surface area contributed by atoms with Crippen LogP contribution < -0.4 is 0 Å². The van der Waals surface area contributed by atoms with Crippen molar-refractivity contribution >= 4 is 34.6 Å². The summed E-state index contributed by atoms with van der Waals surface area (Å²) >= 11 is 0. The lowest BCUT2D eigenvalue weighted by Crippen LogP contribution is -1.73. The van der Waals surface area contributed by atoms with Gasteiger partial charge in [-0.3, -0.25) is 0 Å². The van der Waals surface area contributed by atoms with E-state index >= 15 is 0 Å². The highest BCUT2D eigenvalue weighted by molar-refractivity contribution is 7.53. The highest BCUT2D eigenvalue weighted by Gasteiger charge is 2.05. The van der Waals surface area contributed by atoms with Gasteiger partial charge in [-0.1, -0.05) is 0 Å². The maximum Gasteiger partial charge on any atom is 0.334 e. The molecule has 8 heteroatoms. The molecule has 0 rings (SSSR count). The first-order valence-corrected chi connectivity index (χ1v) is 3.50. The molecular formula is H7AlO5P2. The molecule has 0 heterocycles. The molecule has 0 saturated heterocycles. The maximum absolute atomic E-state index is 7.82. The molecule has 0 fully saturated rings. The standard InChI is InChI=1S/Al.H4O5P2.3H/c;1-6(2)5-7(3)4;;;/h;1-4H;;;. The number of hydrogen-bond donors (Lipinski definition) is 4. The fourth-order valence-corrected chi connectivity index (χ4v) is 0.588. The molecule has 5 nitrogen and oxygen atoms in total. The molecule has 0 atom stereocenters. The predicted octanol–water partition coefficient (Wildman–Crippen LogP) is -1.76. The van der Waals surface area contributed by atoms with Crippen molar-refractivity contribution in [3.05, 3.63) is 0 Å². The number of rotatable bonds is 2. The highest BCUT2D eigenvalue weighted by atomic mass is 31.2. The van der Waals surface area contributed by atoms with Gasteiger partial charge >= 0.3 is 17.2 Å². The van der Waals surface area contributed by atoms with Crippen LogP contribution >= 0.6 is 17.2 Å². The Bertz CT molecular complexity index is 39.7. The van der Waals surface area contributed by atoms with Crippen LogP contribution in [0.4, 0.5) is 0 Å². The quantitative estimate of drug-likeness (QED) is 0.295. The fourth-order valence-electron chi connectivity index (χ4n) is 0.0653. The summed E-state index contributed by atoms with van der Waals surface area (Å²) in [5.74, 6) is 0. The normalized spacial score (nSPS) is 9.75. The van der Waals surface area contributed by atoms with Gasteiger partial charge in [0.1, 0.15) is 0 Å². The number of hydrogen-bond acceptors (Lipinski definition) is 5. The van der Waals surface area contributed by atoms with E-state index < -0.39 is 17.2 Å². The van der Waals surface area contributed by atoms with Crippen LogP contribution in [0.5, 0.6) is 0 Å². The molecule has 50 valence electrons. The van der Waals surface area contributed by atoms with Gasteiger partial charge in [-0.2, -0.15) is 0 Å². The molecule has 0 unspecified atom stereocenters. The Kier molecular flexibility index (Phi) is 9.41. The Morgan fingerprint density at radius 1 is 0.875 bits per heavy atom. The second-order valence-corrected chi connectivity index (χ2v) is 2.25. The molecule has 0 aliphatic heterocycles. The third kappa shape index (κ3) is 10.2. The third-order valence-corrected chi connectivity index (χ3v) is 1.31. The molecule has 0 aromatic heterocycles. The van der Waals surface area contributed by atoms with Crippen molar-refractivity contribution in [2.75, 3.05) is 0 Å². The zero-order valence-corrected chi connectivity index (χ0v) is 4.88. The van der Waals surface area contributed by atoms with Crippen molar-refractivity contribution in [1.29, 1.82) is 0 Å². The average molecular weight is 176 g/mol. The first kappa shape index (κ1) is 11.9. The molecule has 0 aliphatic rings. The summed E-state index contributed by atoms with van der Waals surface area (Å²) in [6.45, 7) is 0. The van der Waals surface area contributed by atoms with Crippen molar-refractivity contribution in [2.45, 2.75) is 0 Å². The monoisotopic (exact) mass is 176 g/mol. The van der Waals surface area contributed by atoms with E-state index in [0.29, 0.717) is 0 Å². The van der Waals surface area contributed by atoms with Crippen molar-refractivity contribution in [1.82, 2.24) is 0 Å². The predicted molar refractivity (Wildman–Crippen MR) is 33.7 cm³/mol. The fraction of sp³-hybridized carbons (Fsp3) is 0. The molecule has 8 heavy (non-hydrogen) atoms. The van der Waals surface area contributed by atoms with Crippen LogP contribution in [-0.2, 0) is 4.31 Å². The summed E-state index contributed by atoms with van der Waals surface area (Å²) in [6.07, 6.45) is 0. The van der Waals surface area contributed by atoms with Crippen LogP contribution in [0.1, 0.15) is 0 Å². The van der Waals surface area contributed by atoms with E-state index in [1.54, 1.807) is 0 Å². The van der Waals surface area contributed by atoms with E-state index in [-0.39, 0.29) is 17.4 Å². The van der Waals surface area contributed by atoms with Gasteiger partial charge in [0.05, 0.1) is 0 Å². The Morgan fingerprint density at radius 2 is 1.12 bits per heavy atom. The molecule has 0 spiro atoms. The van der Waals surface area contributed by atoms with Crippen LogP contribution in [-0.4, -0.2) is 36.9 Å². The molecule has 0 aromatic rings. The van der Waals surface area contributed by atoms with Gasteiger partial charge in [0.15, 0.2) is 17.4 Å². The van der Waals surface area contributed by atoms with E-state index in [9.17, 15) is 0 Å². The minimum absolute atomic E-state index is 0. The summed E-state index contributed by atoms with van der Waals surface area (Å²) in [6, 6.07) is 0. The summed E-state index contributed by atoms with van der Waals surface area (Å²) < 4.78 is 3.60. The highest BCUT2D eigenvalue weighted by Crippen LogP contribution is 2.41. The summed E-state index contributed by atoms with van der Waals surface area (Å²) in [7, 11) is -5.22. The second kappa shape index (κ2) is 6.31. The second-order valence-electron chi connectivity index (χ2n) is 0.587. The zero-order chi connectivity index (χ0) is 5.86. The Balaban J connectivity index is 0. The summed E-state index contributed by atoms with van der Waals surface area (Å²) in [5, 5.41) is 0. The lowest BCUT2D eigenvalue weighted by molar-refractivity contribution is 0.324. The molecule has 0 amide bonds. The molecule has 0 aliphatic carbocycles. The topological polar surface area (TPSA) is 90.2 Å². The van der Waals surface area contributed by atoms with E-state index in [1.165, 1.54) is 0 Å². The maximum atomic E-state index is 7.82. The Morgan fingerprint density at radius 3 is 1.12 bits per heavy atom. The van der Waals surface area contributed by atoms with E-state index in [1.807, 2.05) is 0 Å². The molecule has 0 saturated carbocycles. The SMILES string of the molecule is OP(O)OP(O)O.[AlH3]. The molecule has 0 aromatic carbocycles.